The maximum Gasteiger partial charge on any atom is 0.305 e. The van der Waals surface area contributed by atoms with Gasteiger partial charge in [0.1, 0.15) is 0 Å². The summed E-state index contributed by atoms with van der Waals surface area (Å²) in [4.78, 5) is 21.6. The molecule has 0 atom stereocenters. The number of carbonyl (C=O) groups excluding carboxylic acids is 1. The van der Waals surface area contributed by atoms with Crippen LogP contribution in [0.25, 0.3) is 0 Å². The molecule has 4 nitrogen and oxygen atoms in total. The molecule has 2 N–H and O–H groups in total. The smallest absolute Gasteiger partial charge is 0.305 e. The zero-order chi connectivity index (χ0) is 14.3. The summed E-state index contributed by atoms with van der Waals surface area (Å²) >= 11 is 0. The Balaban J connectivity index is 0. The van der Waals surface area contributed by atoms with Gasteiger partial charge in [-0.25, -0.2) is 0 Å². The van der Waals surface area contributed by atoms with E-state index in [4.69, 9.17) is 5.11 Å². The molecule has 0 saturated heterocycles. The largest absolute Gasteiger partial charge is 0.481 e. The van der Waals surface area contributed by atoms with Crippen LogP contribution in [0, 0.1) is 0 Å². The molecule has 0 heterocycles. The molecule has 20 heavy (non-hydrogen) atoms. The minimum absolute atomic E-state index is 0. The van der Waals surface area contributed by atoms with E-state index in [9.17, 15) is 9.59 Å². The molecule has 113 valence electrons. The van der Waals surface area contributed by atoms with Crippen molar-refractivity contribution in [3.8, 4) is 0 Å². The Morgan fingerprint density at radius 3 is 1.85 bits per heavy atom. The number of carboxylic acid groups (broad SMARTS) is 1. The molecule has 0 aliphatic heterocycles. The summed E-state index contributed by atoms with van der Waals surface area (Å²) in [5, 5.41) is 11.0. The molecular formula is C15H29KNO3. The number of carbonyl (C=O) groups is 2. The molecule has 0 spiro atoms. The molecule has 1 radical (unpaired) electrons. The second-order valence-corrected chi connectivity index (χ2v) is 5.07. The standard InChI is InChI=1S/C15H29NO3.K/c1-2-3-4-5-6-7-8-9-10-11-14(17)16-13-12-15(18)19;/h2-13H2,1H3,(H,16,17)(H,18,19);. The SMILES string of the molecule is CCCCCCCCCCCC(=O)NCCC(=O)O.[K]. The molecular weight excluding hydrogens is 281 g/mol. The van der Waals surface area contributed by atoms with Crippen molar-refractivity contribution in [2.75, 3.05) is 6.54 Å². The first-order valence-electron chi connectivity index (χ1n) is 7.65. The number of hydrogen-bond acceptors (Lipinski definition) is 2. The molecule has 1 amide bonds. The molecule has 0 rings (SSSR count). The number of unbranched alkanes of at least 4 members (excludes halogenated alkanes) is 8. The van der Waals surface area contributed by atoms with Gasteiger partial charge in [-0.05, 0) is 6.42 Å². The van der Waals surface area contributed by atoms with Crippen molar-refractivity contribution in [3.05, 3.63) is 0 Å². The van der Waals surface area contributed by atoms with Crippen LogP contribution in [0.1, 0.15) is 77.6 Å². The van der Waals surface area contributed by atoms with Crippen molar-refractivity contribution in [1.82, 2.24) is 5.32 Å². The maximum atomic E-state index is 11.3. The minimum Gasteiger partial charge on any atom is -0.481 e. The van der Waals surface area contributed by atoms with Crippen LogP contribution < -0.4 is 5.32 Å². The summed E-state index contributed by atoms with van der Waals surface area (Å²) in [6, 6.07) is 0. The first-order chi connectivity index (χ1) is 9.16. The van der Waals surface area contributed by atoms with E-state index in [0.717, 1.165) is 12.8 Å². The summed E-state index contributed by atoms with van der Waals surface area (Å²) < 4.78 is 0. The van der Waals surface area contributed by atoms with Gasteiger partial charge in [0.2, 0.25) is 5.91 Å². The third-order valence-corrected chi connectivity index (χ3v) is 3.17. The van der Waals surface area contributed by atoms with E-state index in [0.29, 0.717) is 6.42 Å². The Labute approximate surface area is 165 Å². The molecule has 0 aliphatic carbocycles. The first kappa shape index (κ1) is 22.9. The van der Waals surface area contributed by atoms with Gasteiger partial charge in [0.05, 0.1) is 6.42 Å². The van der Waals surface area contributed by atoms with E-state index in [2.05, 4.69) is 12.2 Å². The van der Waals surface area contributed by atoms with Gasteiger partial charge in [-0.1, -0.05) is 58.3 Å². The second kappa shape index (κ2) is 17.6. The second-order valence-electron chi connectivity index (χ2n) is 5.07. The van der Waals surface area contributed by atoms with Crippen LogP contribution in [0.5, 0.6) is 0 Å². The molecule has 0 bridgehead atoms. The van der Waals surface area contributed by atoms with E-state index in [1.54, 1.807) is 0 Å². The van der Waals surface area contributed by atoms with Crippen molar-refractivity contribution < 1.29 is 14.7 Å². The van der Waals surface area contributed by atoms with Gasteiger partial charge in [0, 0.05) is 64.4 Å². The van der Waals surface area contributed by atoms with E-state index >= 15 is 0 Å². The summed E-state index contributed by atoms with van der Waals surface area (Å²) in [7, 11) is 0. The quantitative estimate of drug-likeness (QED) is 0.406. The normalized spacial score (nSPS) is 9.85. The molecule has 0 aromatic heterocycles. The average molecular weight is 310 g/mol. The summed E-state index contributed by atoms with van der Waals surface area (Å²) in [5.74, 6) is -0.896. The van der Waals surface area contributed by atoms with E-state index in [-0.39, 0.29) is 70.3 Å². The van der Waals surface area contributed by atoms with Crippen molar-refractivity contribution in [2.45, 2.75) is 77.6 Å². The topological polar surface area (TPSA) is 66.4 Å². The van der Waals surface area contributed by atoms with E-state index in [1.165, 1.54) is 44.9 Å². The number of aliphatic carboxylic acids is 1. The van der Waals surface area contributed by atoms with Gasteiger partial charge >= 0.3 is 5.97 Å². The number of nitrogens with one attached hydrogen (secondary N) is 1. The van der Waals surface area contributed by atoms with E-state index < -0.39 is 5.97 Å². The van der Waals surface area contributed by atoms with Gasteiger partial charge in [-0.15, -0.1) is 0 Å². The number of rotatable bonds is 13. The van der Waals surface area contributed by atoms with Crippen LogP contribution in [0.4, 0.5) is 0 Å². The molecule has 0 aromatic carbocycles. The number of amides is 1. The summed E-state index contributed by atoms with van der Waals surface area (Å²) in [6.45, 7) is 2.47. The summed E-state index contributed by atoms with van der Waals surface area (Å²) in [6.07, 6.45) is 11.6. The van der Waals surface area contributed by atoms with Gasteiger partial charge in [-0.3, -0.25) is 9.59 Å². The number of carboxylic acids is 1. The van der Waals surface area contributed by atoms with Crippen molar-refractivity contribution >= 4 is 63.3 Å². The van der Waals surface area contributed by atoms with E-state index in [1.807, 2.05) is 0 Å². The Hall–Kier alpha value is 0.576. The monoisotopic (exact) mass is 310 g/mol. The molecule has 5 heteroatoms. The van der Waals surface area contributed by atoms with Crippen LogP contribution in [-0.2, 0) is 9.59 Å². The zero-order valence-corrected chi connectivity index (χ0v) is 16.4. The zero-order valence-electron chi connectivity index (χ0n) is 13.2. The minimum atomic E-state index is -0.872. The van der Waals surface area contributed by atoms with Crippen LogP contribution in [0.2, 0.25) is 0 Å². The van der Waals surface area contributed by atoms with Gasteiger partial charge in [0.25, 0.3) is 0 Å². The summed E-state index contributed by atoms with van der Waals surface area (Å²) in [5.41, 5.74) is 0. The molecule has 0 aromatic rings. The Morgan fingerprint density at radius 2 is 1.35 bits per heavy atom. The molecule has 0 aliphatic rings. The number of hydrogen-bond donors (Lipinski definition) is 2. The fourth-order valence-electron chi connectivity index (χ4n) is 1.99. The van der Waals surface area contributed by atoms with Crippen molar-refractivity contribution in [3.63, 3.8) is 0 Å². The van der Waals surface area contributed by atoms with Gasteiger partial charge in [0.15, 0.2) is 0 Å². The Bertz CT molecular complexity index is 247. The van der Waals surface area contributed by atoms with Crippen molar-refractivity contribution in [2.24, 2.45) is 0 Å². The van der Waals surface area contributed by atoms with Gasteiger partial charge in [-0.2, -0.15) is 0 Å². The fraction of sp³-hybridized carbons (Fsp3) is 0.867. The Kier molecular flexibility index (Phi) is 20.1. The van der Waals surface area contributed by atoms with Crippen LogP contribution in [0.3, 0.4) is 0 Å². The predicted octanol–water partition coefficient (Wildman–Crippen LogP) is 3.12. The van der Waals surface area contributed by atoms with Gasteiger partial charge < -0.3 is 10.4 Å². The third kappa shape index (κ3) is 18.6. The third-order valence-electron chi connectivity index (χ3n) is 3.17. The average Bonchev–Trinajstić information content (AvgIpc) is 2.36. The van der Waals surface area contributed by atoms with Crippen molar-refractivity contribution in [1.29, 1.82) is 0 Å². The molecule has 0 saturated carbocycles. The van der Waals surface area contributed by atoms with Crippen LogP contribution in [0.15, 0.2) is 0 Å². The maximum absolute atomic E-state index is 11.3. The van der Waals surface area contributed by atoms with Crippen LogP contribution >= 0.6 is 0 Å². The first-order valence-corrected chi connectivity index (χ1v) is 7.65. The molecule has 0 unspecified atom stereocenters. The Morgan fingerprint density at radius 1 is 0.850 bits per heavy atom. The van der Waals surface area contributed by atoms with Crippen LogP contribution in [-0.4, -0.2) is 74.9 Å². The molecule has 0 fully saturated rings. The fourth-order valence-corrected chi connectivity index (χ4v) is 1.99. The predicted molar refractivity (Wildman–Crippen MR) is 82.9 cm³/mol.